The molecule has 1 saturated carbocycles. The van der Waals surface area contributed by atoms with Crippen LogP contribution in [0.1, 0.15) is 39.5 Å². The lowest BCUT2D eigenvalue weighted by molar-refractivity contribution is 0.0396. The Morgan fingerprint density at radius 1 is 1.33 bits per heavy atom. The number of fused-ring (bicyclic) bond motifs is 1. The third-order valence-electron chi connectivity index (χ3n) is 2.97. The number of rotatable bonds is 1. The van der Waals surface area contributed by atoms with Crippen LogP contribution in [0.4, 0.5) is 0 Å². The lowest BCUT2D eigenvalue weighted by Gasteiger charge is -2.24. The molecule has 0 aromatic heterocycles. The Morgan fingerprint density at radius 3 is 2.83 bits per heavy atom. The summed E-state index contributed by atoms with van der Waals surface area (Å²) in [5, 5.41) is 4.20. The first-order valence-corrected chi connectivity index (χ1v) is 5.02. The minimum atomic E-state index is 0.427. The Morgan fingerprint density at radius 2 is 2.08 bits per heavy atom. The van der Waals surface area contributed by atoms with E-state index in [4.69, 9.17) is 4.84 Å². The predicted molar refractivity (Wildman–Crippen MR) is 49.1 cm³/mol. The maximum atomic E-state index is 5.42. The van der Waals surface area contributed by atoms with E-state index in [0.717, 1.165) is 0 Å². The van der Waals surface area contributed by atoms with Crippen LogP contribution in [0.15, 0.2) is 5.16 Å². The maximum Gasteiger partial charge on any atom is 0.135 e. The molecule has 0 saturated heterocycles. The number of hydrogen-bond acceptors (Lipinski definition) is 2. The van der Waals surface area contributed by atoms with Gasteiger partial charge < -0.3 is 4.84 Å². The number of oxime groups is 1. The molecule has 0 unspecified atom stereocenters. The molecule has 1 aliphatic heterocycles. The van der Waals surface area contributed by atoms with Gasteiger partial charge in [0.25, 0.3) is 0 Å². The van der Waals surface area contributed by atoms with Crippen LogP contribution in [0.25, 0.3) is 0 Å². The minimum absolute atomic E-state index is 0.427. The van der Waals surface area contributed by atoms with Crippen molar-refractivity contribution in [1.82, 2.24) is 0 Å². The highest BCUT2D eigenvalue weighted by molar-refractivity contribution is 5.89. The summed E-state index contributed by atoms with van der Waals surface area (Å²) in [5.41, 5.74) is 1.31. The van der Waals surface area contributed by atoms with E-state index in [1.54, 1.807) is 0 Å². The van der Waals surface area contributed by atoms with Crippen molar-refractivity contribution in [2.45, 2.75) is 45.6 Å². The molecule has 2 nitrogen and oxygen atoms in total. The molecule has 0 radical (unpaired) electrons. The van der Waals surface area contributed by atoms with Gasteiger partial charge in [-0.3, -0.25) is 0 Å². The van der Waals surface area contributed by atoms with Crippen LogP contribution in [0.3, 0.4) is 0 Å². The standard InChI is InChI=1S/C10H17NO/c1-7(2)10-8-5-3-4-6-9(8)12-11-10/h7-9H,3-6H2,1-2H3/t8-,9+/m0/s1. The number of hydrogen-bond donors (Lipinski definition) is 0. The zero-order chi connectivity index (χ0) is 8.55. The lowest BCUT2D eigenvalue weighted by Crippen LogP contribution is -2.29. The van der Waals surface area contributed by atoms with Gasteiger partial charge in [0.05, 0.1) is 5.71 Å². The summed E-state index contributed by atoms with van der Waals surface area (Å²) in [4.78, 5) is 5.42. The Hall–Kier alpha value is -0.530. The zero-order valence-corrected chi connectivity index (χ0v) is 7.92. The molecule has 0 aromatic rings. The van der Waals surface area contributed by atoms with Crippen LogP contribution >= 0.6 is 0 Å². The quantitative estimate of drug-likeness (QED) is 0.588. The van der Waals surface area contributed by atoms with E-state index in [0.29, 0.717) is 17.9 Å². The molecule has 68 valence electrons. The molecule has 0 aromatic carbocycles. The van der Waals surface area contributed by atoms with E-state index >= 15 is 0 Å². The fraction of sp³-hybridized carbons (Fsp3) is 0.900. The third kappa shape index (κ3) is 1.23. The predicted octanol–water partition coefficient (Wildman–Crippen LogP) is 2.59. The van der Waals surface area contributed by atoms with Crippen molar-refractivity contribution in [3.8, 4) is 0 Å². The Kier molecular flexibility index (Phi) is 2.07. The van der Waals surface area contributed by atoms with Crippen molar-refractivity contribution < 1.29 is 4.84 Å². The fourth-order valence-corrected chi connectivity index (χ4v) is 2.29. The Bertz CT molecular complexity index is 198. The number of nitrogens with zero attached hydrogens (tertiary/aromatic N) is 1. The van der Waals surface area contributed by atoms with E-state index in [-0.39, 0.29) is 0 Å². The van der Waals surface area contributed by atoms with Crippen molar-refractivity contribution in [3.05, 3.63) is 0 Å². The molecule has 1 fully saturated rings. The van der Waals surface area contributed by atoms with Gasteiger partial charge in [-0.15, -0.1) is 0 Å². The second kappa shape index (κ2) is 3.08. The van der Waals surface area contributed by atoms with Crippen molar-refractivity contribution in [2.75, 3.05) is 0 Å². The molecule has 0 N–H and O–H groups in total. The molecule has 2 rings (SSSR count). The van der Waals surface area contributed by atoms with Gasteiger partial charge in [0.2, 0.25) is 0 Å². The molecule has 1 heterocycles. The Balaban J connectivity index is 2.08. The topological polar surface area (TPSA) is 21.6 Å². The van der Waals surface area contributed by atoms with Crippen molar-refractivity contribution >= 4 is 5.71 Å². The summed E-state index contributed by atoms with van der Waals surface area (Å²) >= 11 is 0. The van der Waals surface area contributed by atoms with E-state index in [9.17, 15) is 0 Å². The van der Waals surface area contributed by atoms with Gasteiger partial charge in [0.1, 0.15) is 6.10 Å². The second-order valence-corrected chi connectivity index (χ2v) is 4.21. The van der Waals surface area contributed by atoms with Crippen molar-refractivity contribution in [2.24, 2.45) is 17.0 Å². The first-order valence-electron chi connectivity index (χ1n) is 5.02. The first-order chi connectivity index (χ1) is 5.79. The highest BCUT2D eigenvalue weighted by atomic mass is 16.6. The summed E-state index contributed by atoms with van der Waals surface area (Å²) < 4.78 is 0. The van der Waals surface area contributed by atoms with Gasteiger partial charge in [-0.2, -0.15) is 0 Å². The Labute approximate surface area is 74.0 Å². The smallest absolute Gasteiger partial charge is 0.135 e. The highest BCUT2D eigenvalue weighted by Crippen LogP contribution is 2.34. The summed E-state index contributed by atoms with van der Waals surface area (Å²) in [5.74, 6) is 1.22. The summed E-state index contributed by atoms with van der Waals surface area (Å²) in [6, 6.07) is 0. The minimum Gasteiger partial charge on any atom is -0.392 e. The van der Waals surface area contributed by atoms with Gasteiger partial charge in [-0.1, -0.05) is 25.4 Å². The van der Waals surface area contributed by atoms with Crippen molar-refractivity contribution in [3.63, 3.8) is 0 Å². The van der Waals surface area contributed by atoms with Crippen molar-refractivity contribution in [1.29, 1.82) is 0 Å². The molecule has 1 aliphatic carbocycles. The van der Waals surface area contributed by atoms with Gasteiger partial charge >= 0.3 is 0 Å². The maximum absolute atomic E-state index is 5.42. The van der Waals surface area contributed by atoms with E-state index in [1.165, 1.54) is 31.4 Å². The molecule has 0 spiro atoms. The second-order valence-electron chi connectivity index (χ2n) is 4.21. The van der Waals surface area contributed by atoms with E-state index in [1.807, 2.05) is 0 Å². The van der Waals surface area contributed by atoms with Crippen LogP contribution in [0.2, 0.25) is 0 Å². The normalized spacial score (nSPS) is 34.4. The molecule has 0 bridgehead atoms. The van der Waals surface area contributed by atoms with Gasteiger partial charge in [0, 0.05) is 5.92 Å². The molecular formula is C10H17NO. The van der Waals surface area contributed by atoms with E-state index in [2.05, 4.69) is 19.0 Å². The zero-order valence-electron chi connectivity index (χ0n) is 7.92. The van der Waals surface area contributed by atoms with Crippen LogP contribution < -0.4 is 0 Å². The summed E-state index contributed by atoms with van der Waals surface area (Å²) in [7, 11) is 0. The summed E-state index contributed by atoms with van der Waals surface area (Å²) in [6.07, 6.45) is 5.61. The monoisotopic (exact) mass is 167 g/mol. The average Bonchev–Trinajstić information content (AvgIpc) is 2.47. The molecule has 2 aliphatic rings. The molecule has 12 heavy (non-hydrogen) atoms. The van der Waals surface area contributed by atoms with Crippen LogP contribution in [0.5, 0.6) is 0 Å². The SMILES string of the molecule is CC(C)C1=NO[C@@H]2CCCC[C@H]12. The lowest BCUT2D eigenvalue weighted by atomic mass is 9.80. The molecule has 0 amide bonds. The molecule has 2 heteroatoms. The third-order valence-corrected chi connectivity index (χ3v) is 2.97. The van der Waals surface area contributed by atoms with Crippen LogP contribution in [0, 0.1) is 11.8 Å². The first kappa shape index (κ1) is 8.09. The summed E-state index contributed by atoms with van der Waals surface area (Å²) in [6.45, 7) is 4.42. The van der Waals surface area contributed by atoms with E-state index < -0.39 is 0 Å². The molecular weight excluding hydrogens is 150 g/mol. The average molecular weight is 167 g/mol. The largest absolute Gasteiger partial charge is 0.392 e. The highest BCUT2D eigenvalue weighted by Gasteiger charge is 2.36. The van der Waals surface area contributed by atoms with Gasteiger partial charge in [0.15, 0.2) is 0 Å². The van der Waals surface area contributed by atoms with Gasteiger partial charge in [-0.05, 0) is 25.2 Å². The van der Waals surface area contributed by atoms with Gasteiger partial charge in [-0.25, -0.2) is 0 Å². The van der Waals surface area contributed by atoms with Crippen LogP contribution in [-0.4, -0.2) is 11.8 Å². The fourth-order valence-electron chi connectivity index (χ4n) is 2.29. The van der Waals surface area contributed by atoms with Crippen LogP contribution in [-0.2, 0) is 4.84 Å². The molecule has 2 atom stereocenters.